The Bertz CT molecular complexity index is 260. The first-order valence-corrected chi connectivity index (χ1v) is 4.63. The molecule has 0 unspecified atom stereocenters. The number of carbonyl (C=O) groups is 2. The van der Waals surface area contributed by atoms with Gasteiger partial charge in [-0.25, -0.2) is 4.79 Å². The maximum Gasteiger partial charge on any atom is 0.325 e. The van der Waals surface area contributed by atoms with E-state index in [0.717, 1.165) is 0 Å². The predicted molar refractivity (Wildman–Crippen MR) is 52.9 cm³/mol. The minimum atomic E-state index is -0.473. The molecule has 15 heavy (non-hydrogen) atoms. The van der Waals surface area contributed by atoms with Gasteiger partial charge in [-0.15, -0.1) is 0 Å². The number of esters is 1. The van der Waals surface area contributed by atoms with Crippen molar-refractivity contribution in [3.63, 3.8) is 0 Å². The van der Waals surface area contributed by atoms with Crippen LogP contribution in [0.4, 0.5) is 4.79 Å². The molecule has 0 fully saturated rings. The third-order valence-electron chi connectivity index (χ3n) is 1.59. The van der Waals surface area contributed by atoms with Gasteiger partial charge in [0.25, 0.3) is 0 Å². The smallest absolute Gasteiger partial charge is 0.325 e. The van der Waals surface area contributed by atoms with E-state index in [0.29, 0.717) is 13.2 Å². The SMILES string of the molecule is CCOC(=O)CNC(=O)N(C)CCC#N. The van der Waals surface area contributed by atoms with E-state index in [9.17, 15) is 9.59 Å². The number of ether oxygens (including phenoxy) is 1. The van der Waals surface area contributed by atoms with Crippen LogP contribution in [-0.2, 0) is 9.53 Å². The molecule has 2 amide bonds. The number of nitriles is 1. The fraction of sp³-hybridized carbons (Fsp3) is 0.667. The van der Waals surface area contributed by atoms with Gasteiger partial charge in [-0.3, -0.25) is 4.79 Å². The quantitative estimate of drug-likeness (QED) is 0.657. The molecule has 0 bridgehead atoms. The fourth-order valence-corrected chi connectivity index (χ4v) is 0.814. The van der Waals surface area contributed by atoms with Crippen molar-refractivity contribution < 1.29 is 14.3 Å². The molecule has 0 spiro atoms. The molecule has 0 heterocycles. The van der Waals surface area contributed by atoms with Crippen LogP contribution in [0.15, 0.2) is 0 Å². The summed E-state index contributed by atoms with van der Waals surface area (Å²) in [6.07, 6.45) is 0.267. The van der Waals surface area contributed by atoms with E-state index in [1.165, 1.54) is 4.90 Å². The molecule has 0 atom stereocenters. The Labute approximate surface area is 88.8 Å². The largest absolute Gasteiger partial charge is 0.465 e. The average molecular weight is 213 g/mol. The van der Waals surface area contributed by atoms with Gasteiger partial charge in [0.15, 0.2) is 0 Å². The van der Waals surface area contributed by atoms with Crippen LogP contribution >= 0.6 is 0 Å². The normalized spacial score (nSPS) is 8.87. The van der Waals surface area contributed by atoms with Crippen LogP contribution in [0.1, 0.15) is 13.3 Å². The second-order valence-electron chi connectivity index (χ2n) is 2.79. The zero-order chi connectivity index (χ0) is 11.7. The number of nitrogens with zero attached hydrogens (tertiary/aromatic N) is 2. The van der Waals surface area contributed by atoms with Crippen molar-refractivity contribution in [3.8, 4) is 6.07 Å². The van der Waals surface area contributed by atoms with E-state index in [-0.39, 0.29) is 13.0 Å². The molecule has 0 radical (unpaired) electrons. The van der Waals surface area contributed by atoms with E-state index < -0.39 is 12.0 Å². The Balaban J connectivity index is 3.73. The van der Waals surface area contributed by atoms with Crippen LogP contribution in [0, 0.1) is 11.3 Å². The lowest BCUT2D eigenvalue weighted by Gasteiger charge is -2.15. The monoisotopic (exact) mass is 213 g/mol. The van der Waals surface area contributed by atoms with Gasteiger partial charge in [0.2, 0.25) is 0 Å². The number of carbonyl (C=O) groups excluding carboxylic acids is 2. The van der Waals surface area contributed by atoms with Crippen molar-refractivity contribution in [1.29, 1.82) is 5.26 Å². The summed E-state index contributed by atoms with van der Waals surface area (Å²) in [6.45, 7) is 2.17. The molecule has 0 saturated heterocycles. The van der Waals surface area contributed by atoms with Crippen LogP contribution in [0.2, 0.25) is 0 Å². The lowest BCUT2D eigenvalue weighted by Crippen LogP contribution is -2.40. The van der Waals surface area contributed by atoms with Crippen molar-refractivity contribution in [2.24, 2.45) is 0 Å². The van der Waals surface area contributed by atoms with Crippen molar-refractivity contribution in [3.05, 3.63) is 0 Å². The molecular weight excluding hydrogens is 198 g/mol. The molecular formula is C9H15N3O3. The number of nitrogens with one attached hydrogen (secondary N) is 1. The van der Waals surface area contributed by atoms with Gasteiger partial charge in [-0.1, -0.05) is 0 Å². The molecule has 0 aromatic carbocycles. The molecule has 0 saturated carbocycles. The van der Waals surface area contributed by atoms with Crippen LogP contribution in [0.25, 0.3) is 0 Å². The maximum absolute atomic E-state index is 11.3. The standard InChI is InChI=1S/C9H15N3O3/c1-3-15-8(13)7-11-9(14)12(2)6-4-5-10/h3-4,6-7H2,1-2H3,(H,11,14). The number of hydrogen-bond donors (Lipinski definition) is 1. The molecule has 0 aliphatic rings. The predicted octanol–water partition coefficient (Wildman–Crippen LogP) is 0.105. The third-order valence-corrected chi connectivity index (χ3v) is 1.59. The van der Waals surface area contributed by atoms with Crippen molar-refractivity contribution in [2.45, 2.75) is 13.3 Å². The Kier molecular flexibility index (Phi) is 6.72. The van der Waals surface area contributed by atoms with Gasteiger partial charge in [0.05, 0.1) is 19.1 Å². The Hall–Kier alpha value is -1.77. The molecule has 6 heteroatoms. The maximum atomic E-state index is 11.3. The van der Waals surface area contributed by atoms with Crippen LogP contribution in [-0.4, -0.2) is 43.6 Å². The van der Waals surface area contributed by atoms with Gasteiger partial charge in [-0.05, 0) is 6.92 Å². The second kappa shape index (κ2) is 7.62. The minimum Gasteiger partial charge on any atom is -0.465 e. The molecule has 0 aliphatic heterocycles. The summed E-state index contributed by atoms with van der Waals surface area (Å²) in [7, 11) is 1.55. The van der Waals surface area contributed by atoms with Crippen molar-refractivity contribution in [1.82, 2.24) is 10.2 Å². The van der Waals surface area contributed by atoms with Gasteiger partial charge < -0.3 is 15.0 Å². The highest BCUT2D eigenvalue weighted by Crippen LogP contribution is 1.87. The van der Waals surface area contributed by atoms with E-state index in [1.807, 2.05) is 6.07 Å². The number of urea groups is 1. The van der Waals surface area contributed by atoms with Gasteiger partial charge in [0.1, 0.15) is 6.54 Å². The van der Waals surface area contributed by atoms with E-state index in [2.05, 4.69) is 10.1 Å². The second-order valence-corrected chi connectivity index (χ2v) is 2.79. The molecule has 0 aliphatic carbocycles. The molecule has 0 rings (SSSR count). The highest BCUT2D eigenvalue weighted by molar-refractivity contribution is 5.80. The summed E-state index contributed by atoms with van der Waals surface area (Å²) >= 11 is 0. The lowest BCUT2D eigenvalue weighted by atomic mass is 10.4. The zero-order valence-electron chi connectivity index (χ0n) is 8.95. The molecule has 84 valence electrons. The average Bonchev–Trinajstić information content (AvgIpc) is 2.22. The van der Waals surface area contributed by atoms with E-state index in [1.54, 1.807) is 14.0 Å². The summed E-state index contributed by atoms with van der Waals surface area (Å²) in [4.78, 5) is 23.5. The number of rotatable bonds is 5. The first-order chi connectivity index (χ1) is 7.11. The van der Waals surface area contributed by atoms with Crippen LogP contribution in [0.5, 0.6) is 0 Å². The van der Waals surface area contributed by atoms with E-state index in [4.69, 9.17) is 5.26 Å². The molecule has 0 aromatic rings. The lowest BCUT2D eigenvalue weighted by molar-refractivity contribution is -0.141. The highest BCUT2D eigenvalue weighted by Gasteiger charge is 2.09. The third kappa shape index (κ3) is 6.32. The summed E-state index contributed by atoms with van der Waals surface area (Å²) < 4.78 is 4.63. The Morgan fingerprint density at radius 2 is 2.20 bits per heavy atom. The summed E-state index contributed by atoms with van der Waals surface area (Å²) in [5, 5.41) is 10.7. The van der Waals surface area contributed by atoms with Gasteiger partial charge in [0, 0.05) is 13.6 Å². The zero-order valence-corrected chi connectivity index (χ0v) is 8.95. The van der Waals surface area contributed by atoms with Crippen molar-refractivity contribution in [2.75, 3.05) is 26.7 Å². The number of hydrogen-bond acceptors (Lipinski definition) is 4. The minimum absolute atomic E-state index is 0.149. The molecule has 0 aromatic heterocycles. The highest BCUT2D eigenvalue weighted by atomic mass is 16.5. The molecule has 1 N–H and O–H groups in total. The first kappa shape index (κ1) is 13.2. The topological polar surface area (TPSA) is 82.4 Å². The van der Waals surface area contributed by atoms with Crippen LogP contribution in [0.3, 0.4) is 0 Å². The molecule has 6 nitrogen and oxygen atoms in total. The Morgan fingerprint density at radius 3 is 2.73 bits per heavy atom. The number of amides is 2. The fourth-order valence-electron chi connectivity index (χ4n) is 0.814. The van der Waals surface area contributed by atoms with Crippen LogP contribution < -0.4 is 5.32 Å². The summed E-state index contributed by atoms with van der Waals surface area (Å²) in [5.41, 5.74) is 0. The summed E-state index contributed by atoms with van der Waals surface area (Å²) in [6, 6.07) is 1.53. The first-order valence-electron chi connectivity index (χ1n) is 4.63. The Morgan fingerprint density at radius 1 is 1.53 bits per heavy atom. The van der Waals surface area contributed by atoms with Gasteiger partial charge >= 0.3 is 12.0 Å². The van der Waals surface area contributed by atoms with E-state index >= 15 is 0 Å². The van der Waals surface area contributed by atoms with Crippen molar-refractivity contribution >= 4 is 12.0 Å². The van der Waals surface area contributed by atoms with Gasteiger partial charge in [-0.2, -0.15) is 5.26 Å². The summed E-state index contributed by atoms with van der Waals surface area (Å²) in [5.74, 6) is -0.473.